The first-order chi connectivity index (χ1) is 16.3. The molecule has 2 fully saturated rings. The number of carbonyl (C=O) groups excluding carboxylic acids is 1. The topological polar surface area (TPSA) is 70.6 Å². The van der Waals surface area contributed by atoms with Crippen LogP contribution in [0.3, 0.4) is 0 Å². The third-order valence-corrected chi connectivity index (χ3v) is 7.03. The fraction of sp³-hybridized carbons (Fsp3) is 0.522. The maximum absolute atomic E-state index is 14.6. The molecule has 0 spiro atoms. The first kappa shape index (κ1) is 23.3. The molecule has 1 unspecified atom stereocenters. The summed E-state index contributed by atoms with van der Waals surface area (Å²) in [6.07, 6.45) is -1.91. The standard InChI is InChI=1S/C23H25ClF3N5O2/c1-12(15-3-2-4-16(19(15)25)20(26)27)28-21-17-9-32(10-18(17)29-23(24)30-21)22(33)13-7-31(8-13)14-5-6-34-11-14/h2-4,12-14,20H,5-11H2,1H3,(H,28,29,30)/t12-,14?/m1/s1. The molecule has 1 N–H and O–H groups in total. The number of hydrogen-bond donors (Lipinski definition) is 1. The Hall–Kier alpha value is -2.43. The number of ether oxygens (including phenoxy) is 1. The van der Waals surface area contributed by atoms with E-state index in [2.05, 4.69) is 20.2 Å². The van der Waals surface area contributed by atoms with E-state index in [0.29, 0.717) is 49.3 Å². The lowest BCUT2D eigenvalue weighted by molar-refractivity contribution is -0.143. The van der Waals surface area contributed by atoms with Crippen LogP contribution in [-0.4, -0.2) is 58.0 Å². The Morgan fingerprint density at radius 3 is 2.71 bits per heavy atom. The van der Waals surface area contributed by atoms with E-state index < -0.39 is 23.8 Å². The van der Waals surface area contributed by atoms with Crippen molar-refractivity contribution < 1.29 is 22.7 Å². The molecule has 0 radical (unpaired) electrons. The minimum atomic E-state index is -2.91. The van der Waals surface area contributed by atoms with Crippen LogP contribution >= 0.6 is 11.6 Å². The SMILES string of the molecule is C[C@@H](Nc1nc(Cl)nc2c1CN(C(=O)C1CN(C3CCOC3)C1)C2)c1cccc(C(F)F)c1F. The zero-order valence-electron chi connectivity index (χ0n) is 18.6. The Morgan fingerprint density at radius 1 is 1.24 bits per heavy atom. The number of alkyl halides is 2. The van der Waals surface area contributed by atoms with Gasteiger partial charge in [0.2, 0.25) is 11.2 Å². The number of likely N-dealkylation sites (tertiary alicyclic amines) is 1. The molecule has 182 valence electrons. The Kier molecular flexibility index (Phi) is 6.39. The Bertz CT molecular complexity index is 1090. The van der Waals surface area contributed by atoms with Gasteiger partial charge in [0.15, 0.2) is 0 Å². The van der Waals surface area contributed by atoms with Crippen LogP contribution in [0.4, 0.5) is 19.0 Å². The first-order valence-electron chi connectivity index (χ1n) is 11.3. The highest BCUT2D eigenvalue weighted by atomic mass is 35.5. The van der Waals surface area contributed by atoms with Gasteiger partial charge in [-0.1, -0.05) is 18.2 Å². The molecule has 2 saturated heterocycles. The van der Waals surface area contributed by atoms with Gasteiger partial charge in [-0.25, -0.2) is 23.1 Å². The number of nitrogens with one attached hydrogen (secondary N) is 1. The zero-order valence-corrected chi connectivity index (χ0v) is 19.4. The predicted octanol–water partition coefficient (Wildman–Crippen LogP) is 3.94. The molecule has 2 aromatic rings. The molecule has 1 aromatic carbocycles. The van der Waals surface area contributed by atoms with Gasteiger partial charge in [0.05, 0.1) is 42.9 Å². The average molecular weight is 496 g/mol. The van der Waals surface area contributed by atoms with Gasteiger partial charge < -0.3 is 15.0 Å². The van der Waals surface area contributed by atoms with E-state index in [1.54, 1.807) is 11.8 Å². The third-order valence-electron chi connectivity index (χ3n) is 6.86. The zero-order chi connectivity index (χ0) is 24.0. The van der Waals surface area contributed by atoms with Crippen molar-refractivity contribution in [1.29, 1.82) is 0 Å². The minimum Gasteiger partial charge on any atom is -0.380 e. The Morgan fingerprint density at radius 2 is 2.00 bits per heavy atom. The summed E-state index contributed by atoms with van der Waals surface area (Å²) in [6.45, 7) is 5.20. The summed E-state index contributed by atoms with van der Waals surface area (Å²) in [4.78, 5) is 25.6. The van der Waals surface area contributed by atoms with Gasteiger partial charge in [0.25, 0.3) is 6.43 Å². The Balaban J connectivity index is 1.29. The second kappa shape index (κ2) is 9.31. The van der Waals surface area contributed by atoms with Crippen molar-refractivity contribution in [3.8, 4) is 0 Å². The smallest absolute Gasteiger partial charge is 0.266 e. The minimum absolute atomic E-state index is 0.000560. The highest BCUT2D eigenvalue weighted by Gasteiger charge is 2.41. The van der Waals surface area contributed by atoms with Gasteiger partial charge >= 0.3 is 0 Å². The normalized spacial score (nSPS) is 21.6. The van der Waals surface area contributed by atoms with Crippen LogP contribution in [0.15, 0.2) is 18.2 Å². The number of fused-ring (bicyclic) bond motifs is 1. The van der Waals surface area contributed by atoms with Crippen LogP contribution in [0.1, 0.15) is 48.2 Å². The molecule has 4 heterocycles. The number of amides is 1. The molecule has 3 aliphatic heterocycles. The van der Waals surface area contributed by atoms with Gasteiger partial charge in [-0.3, -0.25) is 9.69 Å². The van der Waals surface area contributed by atoms with E-state index in [1.807, 2.05) is 0 Å². The highest BCUT2D eigenvalue weighted by Crippen LogP contribution is 2.34. The highest BCUT2D eigenvalue weighted by molar-refractivity contribution is 6.28. The maximum atomic E-state index is 14.6. The monoisotopic (exact) mass is 495 g/mol. The van der Waals surface area contributed by atoms with Crippen molar-refractivity contribution in [3.05, 3.63) is 51.7 Å². The molecular weight excluding hydrogens is 471 g/mol. The van der Waals surface area contributed by atoms with E-state index in [9.17, 15) is 18.0 Å². The molecular formula is C23H25ClF3N5O2. The van der Waals surface area contributed by atoms with Gasteiger partial charge in [0, 0.05) is 36.9 Å². The van der Waals surface area contributed by atoms with Crippen molar-refractivity contribution in [2.24, 2.45) is 5.92 Å². The van der Waals surface area contributed by atoms with E-state index >= 15 is 0 Å². The quantitative estimate of drug-likeness (QED) is 0.612. The second-order valence-electron chi connectivity index (χ2n) is 9.05. The summed E-state index contributed by atoms with van der Waals surface area (Å²) in [7, 11) is 0. The predicted molar refractivity (Wildman–Crippen MR) is 119 cm³/mol. The van der Waals surface area contributed by atoms with Crippen LogP contribution in [0, 0.1) is 11.7 Å². The van der Waals surface area contributed by atoms with Crippen LogP contribution in [0.5, 0.6) is 0 Å². The number of aromatic nitrogens is 2. The van der Waals surface area contributed by atoms with E-state index in [1.165, 1.54) is 12.1 Å². The fourth-order valence-corrected chi connectivity index (χ4v) is 5.08. The van der Waals surface area contributed by atoms with E-state index in [0.717, 1.165) is 25.7 Å². The van der Waals surface area contributed by atoms with Crippen molar-refractivity contribution in [3.63, 3.8) is 0 Å². The average Bonchev–Trinajstić information content (AvgIpc) is 3.42. The number of benzene rings is 1. The third kappa shape index (κ3) is 4.34. The molecule has 5 rings (SSSR count). The number of anilines is 1. The molecule has 0 bridgehead atoms. The lowest BCUT2D eigenvalue weighted by atomic mass is 9.95. The summed E-state index contributed by atoms with van der Waals surface area (Å²) in [5, 5.41) is 3.09. The molecule has 11 heteroatoms. The first-order valence-corrected chi connectivity index (χ1v) is 11.7. The fourth-order valence-electron chi connectivity index (χ4n) is 4.89. The number of rotatable bonds is 6. The number of hydrogen-bond acceptors (Lipinski definition) is 6. The molecule has 0 aliphatic carbocycles. The summed E-state index contributed by atoms with van der Waals surface area (Å²) in [6, 6.07) is 3.66. The van der Waals surface area contributed by atoms with Gasteiger partial charge in [-0.15, -0.1) is 0 Å². The van der Waals surface area contributed by atoms with Crippen molar-refractivity contribution in [1.82, 2.24) is 19.8 Å². The number of nitrogens with zero attached hydrogens (tertiary/aromatic N) is 4. The van der Waals surface area contributed by atoms with E-state index in [-0.39, 0.29) is 22.7 Å². The van der Waals surface area contributed by atoms with Crippen molar-refractivity contribution >= 4 is 23.3 Å². The van der Waals surface area contributed by atoms with Crippen LogP contribution in [-0.2, 0) is 22.6 Å². The molecule has 3 aliphatic rings. The van der Waals surface area contributed by atoms with E-state index in [4.69, 9.17) is 16.3 Å². The summed E-state index contributed by atoms with van der Waals surface area (Å²) in [5.41, 5.74) is 0.783. The summed E-state index contributed by atoms with van der Waals surface area (Å²) in [5.74, 6) is -0.592. The summed E-state index contributed by atoms with van der Waals surface area (Å²) < 4.78 is 46.3. The van der Waals surface area contributed by atoms with Gasteiger partial charge in [0.1, 0.15) is 11.6 Å². The summed E-state index contributed by atoms with van der Waals surface area (Å²) >= 11 is 6.12. The van der Waals surface area contributed by atoms with Crippen LogP contribution in [0.2, 0.25) is 5.28 Å². The lowest BCUT2D eigenvalue weighted by Crippen LogP contribution is -2.57. The molecule has 1 amide bonds. The second-order valence-corrected chi connectivity index (χ2v) is 9.38. The maximum Gasteiger partial charge on any atom is 0.266 e. The molecule has 7 nitrogen and oxygen atoms in total. The van der Waals surface area contributed by atoms with Gasteiger partial charge in [-0.05, 0) is 24.9 Å². The van der Waals surface area contributed by atoms with Crippen LogP contribution in [0.25, 0.3) is 0 Å². The molecule has 1 aromatic heterocycles. The van der Waals surface area contributed by atoms with Crippen LogP contribution < -0.4 is 5.32 Å². The number of halogens is 4. The lowest BCUT2D eigenvalue weighted by Gasteiger charge is -2.42. The van der Waals surface area contributed by atoms with Crippen molar-refractivity contribution in [2.45, 2.75) is 44.9 Å². The molecule has 34 heavy (non-hydrogen) atoms. The van der Waals surface area contributed by atoms with Gasteiger partial charge in [-0.2, -0.15) is 0 Å². The van der Waals surface area contributed by atoms with Crippen molar-refractivity contribution in [2.75, 3.05) is 31.6 Å². The number of carbonyl (C=O) groups is 1. The molecule has 2 atom stereocenters. The largest absolute Gasteiger partial charge is 0.380 e. The molecule has 0 saturated carbocycles. The Labute approximate surface area is 200 Å².